The maximum atomic E-state index is 10.1. The first-order chi connectivity index (χ1) is 11.2. The minimum Gasteiger partial charge on any atom is -0.507 e. The molecule has 1 unspecified atom stereocenters. The SMILES string of the molecule is CNc1nc(-c2ccccc2O)cc(C2CCCNC2)c1C#N.Cl. The highest BCUT2D eigenvalue weighted by Crippen LogP contribution is 2.35. The minimum absolute atomic E-state index is 0. The number of benzene rings is 1. The maximum absolute atomic E-state index is 10.1. The Morgan fingerprint density at radius 3 is 2.79 bits per heavy atom. The number of hydrogen-bond acceptors (Lipinski definition) is 5. The fraction of sp³-hybridized carbons (Fsp3) is 0.333. The molecule has 1 aromatic carbocycles. The van der Waals surface area contributed by atoms with Crippen molar-refractivity contribution in [3.8, 4) is 23.1 Å². The van der Waals surface area contributed by atoms with E-state index in [4.69, 9.17) is 0 Å². The van der Waals surface area contributed by atoms with E-state index in [9.17, 15) is 10.4 Å². The van der Waals surface area contributed by atoms with E-state index in [1.807, 2.05) is 18.2 Å². The summed E-state index contributed by atoms with van der Waals surface area (Å²) >= 11 is 0. The van der Waals surface area contributed by atoms with E-state index in [2.05, 4.69) is 21.7 Å². The van der Waals surface area contributed by atoms with Crippen LogP contribution in [-0.2, 0) is 0 Å². The Hall–Kier alpha value is -2.29. The standard InChI is InChI=1S/C18H20N4O.ClH/c1-20-18-15(10-19)14(12-5-4-8-21-11-12)9-16(22-18)13-6-2-3-7-17(13)23;/h2-3,6-7,9,12,21,23H,4-5,8,11H2,1H3,(H,20,22);1H. The highest BCUT2D eigenvalue weighted by molar-refractivity contribution is 5.85. The van der Waals surface area contributed by atoms with Gasteiger partial charge in [-0.1, -0.05) is 12.1 Å². The van der Waals surface area contributed by atoms with Crippen molar-refractivity contribution in [1.82, 2.24) is 10.3 Å². The van der Waals surface area contributed by atoms with Gasteiger partial charge in [-0.2, -0.15) is 5.26 Å². The van der Waals surface area contributed by atoms with E-state index in [-0.39, 0.29) is 24.1 Å². The Balaban J connectivity index is 0.00000208. The summed E-state index contributed by atoms with van der Waals surface area (Å²) in [7, 11) is 1.76. The second kappa shape index (κ2) is 8.00. The molecule has 1 aliphatic rings. The van der Waals surface area contributed by atoms with Crippen molar-refractivity contribution in [3.05, 3.63) is 41.5 Å². The van der Waals surface area contributed by atoms with Gasteiger partial charge in [0.1, 0.15) is 17.6 Å². The second-order valence-corrected chi connectivity index (χ2v) is 5.74. The van der Waals surface area contributed by atoms with Crippen LogP contribution < -0.4 is 10.6 Å². The number of aromatic nitrogens is 1. The number of halogens is 1. The molecule has 0 bridgehead atoms. The molecule has 1 atom stereocenters. The second-order valence-electron chi connectivity index (χ2n) is 5.74. The first kappa shape index (κ1) is 18.1. The summed E-state index contributed by atoms with van der Waals surface area (Å²) in [5.74, 6) is 1.05. The third kappa shape index (κ3) is 3.45. The number of pyridine rings is 1. The molecule has 2 aromatic rings. The van der Waals surface area contributed by atoms with Crippen molar-refractivity contribution in [2.24, 2.45) is 0 Å². The zero-order valence-electron chi connectivity index (χ0n) is 13.5. The summed E-state index contributed by atoms with van der Waals surface area (Å²) in [6.07, 6.45) is 2.15. The van der Waals surface area contributed by atoms with Crippen molar-refractivity contribution in [2.45, 2.75) is 18.8 Å². The number of nitrogens with one attached hydrogen (secondary N) is 2. The van der Waals surface area contributed by atoms with Crippen molar-refractivity contribution in [2.75, 3.05) is 25.5 Å². The van der Waals surface area contributed by atoms with Crippen LogP contribution >= 0.6 is 12.4 Å². The van der Waals surface area contributed by atoms with Crippen molar-refractivity contribution < 1.29 is 5.11 Å². The molecule has 5 nitrogen and oxygen atoms in total. The van der Waals surface area contributed by atoms with Crippen LogP contribution in [0, 0.1) is 11.3 Å². The molecule has 126 valence electrons. The van der Waals surface area contributed by atoms with Gasteiger partial charge >= 0.3 is 0 Å². The van der Waals surface area contributed by atoms with Gasteiger partial charge in [0.2, 0.25) is 0 Å². The maximum Gasteiger partial charge on any atom is 0.144 e. The molecule has 0 radical (unpaired) electrons. The Labute approximate surface area is 148 Å². The highest BCUT2D eigenvalue weighted by atomic mass is 35.5. The number of nitriles is 1. The quantitative estimate of drug-likeness (QED) is 0.796. The number of para-hydroxylation sites is 1. The fourth-order valence-electron chi connectivity index (χ4n) is 3.13. The van der Waals surface area contributed by atoms with Crippen LogP contribution in [0.5, 0.6) is 5.75 Å². The number of piperidine rings is 1. The number of phenols is 1. The zero-order valence-corrected chi connectivity index (χ0v) is 14.4. The highest BCUT2D eigenvalue weighted by Gasteiger charge is 2.22. The van der Waals surface area contributed by atoms with E-state index >= 15 is 0 Å². The molecule has 1 aromatic heterocycles. The number of nitrogens with zero attached hydrogens (tertiary/aromatic N) is 2. The van der Waals surface area contributed by atoms with Crippen LogP contribution in [0.3, 0.4) is 0 Å². The number of phenolic OH excluding ortho intramolecular Hbond substituents is 1. The molecular weight excluding hydrogens is 324 g/mol. The summed E-state index contributed by atoms with van der Waals surface area (Å²) in [5.41, 5.74) is 2.96. The Kier molecular flexibility index (Phi) is 6.02. The molecule has 3 N–H and O–H groups in total. The monoisotopic (exact) mass is 344 g/mol. The smallest absolute Gasteiger partial charge is 0.144 e. The topological polar surface area (TPSA) is 81.0 Å². The van der Waals surface area contributed by atoms with E-state index in [0.717, 1.165) is 31.5 Å². The number of anilines is 1. The predicted octanol–water partition coefficient (Wildman–Crippen LogP) is 3.26. The van der Waals surface area contributed by atoms with Gasteiger partial charge in [0.15, 0.2) is 0 Å². The van der Waals surface area contributed by atoms with Gasteiger partial charge < -0.3 is 15.7 Å². The molecule has 3 rings (SSSR count). The number of hydrogen-bond donors (Lipinski definition) is 3. The average Bonchev–Trinajstić information content (AvgIpc) is 2.61. The van der Waals surface area contributed by atoms with Crippen LogP contribution in [0.2, 0.25) is 0 Å². The molecule has 24 heavy (non-hydrogen) atoms. The van der Waals surface area contributed by atoms with E-state index < -0.39 is 0 Å². The predicted molar refractivity (Wildman–Crippen MR) is 97.7 cm³/mol. The largest absolute Gasteiger partial charge is 0.507 e. The molecule has 6 heteroatoms. The van der Waals surface area contributed by atoms with Gasteiger partial charge in [-0.3, -0.25) is 0 Å². The lowest BCUT2D eigenvalue weighted by molar-refractivity contribution is 0.461. The summed E-state index contributed by atoms with van der Waals surface area (Å²) < 4.78 is 0. The summed E-state index contributed by atoms with van der Waals surface area (Å²) in [5, 5.41) is 26.1. The Morgan fingerprint density at radius 2 is 2.17 bits per heavy atom. The first-order valence-electron chi connectivity index (χ1n) is 7.86. The Morgan fingerprint density at radius 1 is 1.38 bits per heavy atom. The third-order valence-electron chi connectivity index (χ3n) is 4.32. The third-order valence-corrected chi connectivity index (χ3v) is 4.32. The van der Waals surface area contributed by atoms with Gasteiger partial charge in [-0.05, 0) is 49.1 Å². The van der Waals surface area contributed by atoms with Crippen LogP contribution in [0.15, 0.2) is 30.3 Å². The molecule has 1 fully saturated rings. The lowest BCUT2D eigenvalue weighted by atomic mass is 9.88. The van der Waals surface area contributed by atoms with Crippen LogP contribution in [0.1, 0.15) is 29.9 Å². The van der Waals surface area contributed by atoms with Gasteiger partial charge in [0.05, 0.1) is 11.3 Å². The number of rotatable bonds is 3. The van der Waals surface area contributed by atoms with Gasteiger partial charge in [0, 0.05) is 19.2 Å². The minimum atomic E-state index is 0. The van der Waals surface area contributed by atoms with E-state index in [1.54, 1.807) is 19.2 Å². The fourth-order valence-corrected chi connectivity index (χ4v) is 3.13. The van der Waals surface area contributed by atoms with Crippen molar-refractivity contribution in [3.63, 3.8) is 0 Å². The van der Waals surface area contributed by atoms with Crippen LogP contribution in [0.25, 0.3) is 11.3 Å². The molecule has 0 spiro atoms. The van der Waals surface area contributed by atoms with E-state index in [1.165, 1.54) is 0 Å². The summed E-state index contributed by atoms with van der Waals surface area (Å²) in [6, 6.07) is 11.4. The van der Waals surface area contributed by atoms with E-state index in [0.29, 0.717) is 22.6 Å². The number of aromatic hydroxyl groups is 1. The molecule has 0 amide bonds. The first-order valence-corrected chi connectivity index (χ1v) is 7.86. The van der Waals surface area contributed by atoms with Crippen molar-refractivity contribution >= 4 is 18.2 Å². The Bertz CT molecular complexity index is 751. The molecule has 0 aliphatic carbocycles. The molecule has 0 saturated carbocycles. The molecule has 1 aliphatic heterocycles. The van der Waals surface area contributed by atoms with Crippen molar-refractivity contribution in [1.29, 1.82) is 5.26 Å². The molecule has 1 saturated heterocycles. The van der Waals surface area contributed by atoms with Gasteiger partial charge in [0.25, 0.3) is 0 Å². The molecule has 2 heterocycles. The van der Waals surface area contributed by atoms with Gasteiger partial charge in [-0.15, -0.1) is 12.4 Å². The summed E-state index contributed by atoms with van der Waals surface area (Å²) in [4.78, 5) is 4.53. The van der Waals surface area contributed by atoms with Crippen LogP contribution in [0.4, 0.5) is 5.82 Å². The van der Waals surface area contributed by atoms with Gasteiger partial charge in [-0.25, -0.2) is 4.98 Å². The lowest BCUT2D eigenvalue weighted by Crippen LogP contribution is -2.29. The molecular formula is C18H21ClN4O. The average molecular weight is 345 g/mol. The van der Waals surface area contributed by atoms with Crippen LogP contribution in [-0.4, -0.2) is 30.2 Å². The summed E-state index contributed by atoms with van der Waals surface area (Å²) in [6.45, 7) is 1.89. The zero-order chi connectivity index (χ0) is 16.2. The normalized spacial score (nSPS) is 16.8. The lowest BCUT2D eigenvalue weighted by Gasteiger charge is -2.25.